The molecular weight excluding hydrogens is 372 g/mol. The van der Waals surface area contributed by atoms with Gasteiger partial charge in [0.15, 0.2) is 5.78 Å². The van der Waals surface area contributed by atoms with E-state index in [-0.39, 0.29) is 24.1 Å². The molecule has 0 radical (unpaired) electrons. The Labute approximate surface area is 181 Å². The van der Waals surface area contributed by atoms with Crippen LogP contribution < -0.4 is 0 Å². The second-order valence-corrected chi connectivity index (χ2v) is 8.55. The molecule has 2 atom stereocenters. The molecular formula is C27H36O3. The normalized spacial score (nSPS) is 15.1. The number of Topliss-reactive ketones (excluding diaryl/α,β-unsaturated/α-hetero) is 1. The van der Waals surface area contributed by atoms with Gasteiger partial charge in [-0.15, -0.1) is 0 Å². The molecule has 0 fully saturated rings. The third kappa shape index (κ3) is 8.94. The monoisotopic (exact) mass is 408 g/mol. The second kappa shape index (κ2) is 13.0. The standard InChI is InChI=1S/C27H36O3/c1-21(2)11-10-12-22(3)17-18-30-27(29)20-25(23-13-6-4-7-14-23)19-26(28)24-15-8-5-9-16-24/h4,6-8,11,13-16,22,25H,5,9-10,12,17-20H2,1-3H3. The van der Waals surface area contributed by atoms with Crippen molar-refractivity contribution < 1.29 is 14.3 Å². The quantitative estimate of drug-likeness (QED) is 0.285. The summed E-state index contributed by atoms with van der Waals surface area (Å²) >= 11 is 0. The molecule has 0 heterocycles. The first kappa shape index (κ1) is 23.9. The van der Waals surface area contributed by atoms with Gasteiger partial charge >= 0.3 is 5.97 Å². The summed E-state index contributed by atoms with van der Waals surface area (Å²) in [6, 6.07) is 9.82. The highest BCUT2D eigenvalue weighted by Gasteiger charge is 2.22. The van der Waals surface area contributed by atoms with Gasteiger partial charge in [-0.05, 0) is 57.4 Å². The minimum atomic E-state index is -0.221. The van der Waals surface area contributed by atoms with Crippen LogP contribution in [0.5, 0.6) is 0 Å². The van der Waals surface area contributed by atoms with E-state index < -0.39 is 0 Å². The second-order valence-electron chi connectivity index (χ2n) is 8.55. The molecule has 0 bridgehead atoms. The molecule has 2 unspecified atom stereocenters. The largest absolute Gasteiger partial charge is 0.466 e. The number of rotatable bonds is 12. The van der Waals surface area contributed by atoms with Gasteiger partial charge in [0.25, 0.3) is 0 Å². The molecule has 1 aromatic rings. The maximum atomic E-state index is 12.7. The zero-order valence-electron chi connectivity index (χ0n) is 18.7. The molecule has 1 aliphatic carbocycles. The summed E-state index contributed by atoms with van der Waals surface area (Å²) in [7, 11) is 0. The van der Waals surface area contributed by atoms with Crippen LogP contribution in [0.25, 0.3) is 0 Å². The number of carbonyl (C=O) groups excluding carboxylic acids is 2. The number of ether oxygens (including phenoxy) is 1. The van der Waals surface area contributed by atoms with Crippen LogP contribution in [0.15, 0.2) is 65.8 Å². The third-order valence-electron chi connectivity index (χ3n) is 5.52. The topological polar surface area (TPSA) is 43.4 Å². The van der Waals surface area contributed by atoms with Gasteiger partial charge < -0.3 is 4.74 Å². The van der Waals surface area contributed by atoms with Gasteiger partial charge in [-0.1, -0.05) is 67.1 Å². The van der Waals surface area contributed by atoms with Crippen molar-refractivity contribution >= 4 is 11.8 Å². The maximum absolute atomic E-state index is 12.7. The lowest BCUT2D eigenvalue weighted by Gasteiger charge is -2.18. The lowest BCUT2D eigenvalue weighted by Crippen LogP contribution is -2.16. The number of esters is 1. The Balaban J connectivity index is 1.86. The molecule has 0 spiro atoms. The van der Waals surface area contributed by atoms with Crippen LogP contribution in [-0.2, 0) is 14.3 Å². The minimum absolute atomic E-state index is 0.0977. The highest BCUT2D eigenvalue weighted by atomic mass is 16.5. The molecule has 0 aromatic heterocycles. The first-order chi connectivity index (χ1) is 14.5. The van der Waals surface area contributed by atoms with E-state index in [0.29, 0.717) is 18.9 Å². The van der Waals surface area contributed by atoms with Crippen molar-refractivity contribution in [3.63, 3.8) is 0 Å². The maximum Gasteiger partial charge on any atom is 0.306 e. The van der Waals surface area contributed by atoms with Crippen LogP contribution >= 0.6 is 0 Å². The van der Waals surface area contributed by atoms with Gasteiger partial charge in [0.05, 0.1) is 13.0 Å². The molecule has 3 heteroatoms. The Kier molecular flexibility index (Phi) is 10.3. The highest BCUT2D eigenvalue weighted by molar-refractivity contribution is 5.98. The molecule has 0 saturated heterocycles. The first-order valence-corrected chi connectivity index (χ1v) is 11.2. The number of allylic oxidation sites excluding steroid dienone is 6. The van der Waals surface area contributed by atoms with Gasteiger partial charge in [0, 0.05) is 17.9 Å². The molecule has 30 heavy (non-hydrogen) atoms. The van der Waals surface area contributed by atoms with Crippen LogP contribution in [0.4, 0.5) is 0 Å². The molecule has 3 nitrogen and oxygen atoms in total. The smallest absolute Gasteiger partial charge is 0.306 e. The number of benzene rings is 1. The Morgan fingerprint density at radius 3 is 2.50 bits per heavy atom. The fourth-order valence-electron chi connectivity index (χ4n) is 3.63. The lowest BCUT2D eigenvalue weighted by atomic mass is 9.88. The number of carbonyl (C=O) groups is 2. The molecule has 1 aromatic carbocycles. The van der Waals surface area contributed by atoms with Crippen molar-refractivity contribution in [1.82, 2.24) is 0 Å². The van der Waals surface area contributed by atoms with Crippen LogP contribution in [0.3, 0.4) is 0 Å². The van der Waals surface area contributed by atoms with Gasteiger partial charge in [-0.3, -0.25) is 9.59 Å². The van der Waals surface area contributed by atoms with Crippen molar-refractivity contribution in [2.24, 2.45) is 5.92 Å². The Morgan fingerprint density at radius 1 is 1.07 bits per heavy atom. The number of ketones is 1. The van der Waals surface area contributed by atoms with E-state index in [1.807, 2.05) is 48.6 Å². The summed E-state index contributed by atoms with van der Waals surface area (Å²) in [6.07, 6.45) is 13.7. The Hall–Kier alpha value is -2.42. The van der Waals surface area contributed by atoms with Crippen molar-refractivity contribution in [3.8, 4) is 0 Å². The molecule has 0 N–H and O–H groups in total. The van der Waals surface area contributed by atoms with Gasteiger partial charge in [-0.25, -0.2) is 0 Å². The van der Waals surface area contributed by atoms with Gasteiger partial charge in [0.1, 0.15) is 0 Å². The summed E-state index contributed by atoms with van der Waals surface area (Å²) in [5, 5.41) is 0. The van der Waals surface area contributed by atoms with Crippen LogP contribution in [0, 0.1) is 5.92 Å². The van der Waals surface area contributed by atoms with Crippen LogP contribution in [0.2, 0.25) is 0 Å². The lowest BCUT2D eigenvalue weighted by molar-refractivity contribution is -0.144. The number of hydrogen-bond donors (Lipinski definition) is 0. The average molecular weight is 409 g/mol. The summed E-state index contributed by atoms with van der Waals surface area (Å²) in [6.45, 7) is 6.87. The summed E-state index contributed by atoms with van der Waals surface area (Å²) in [5.74, 6) is 0.240. The zero-order chi connectivity index (χ0) is 21.8. The summed E-state index contributed by atoms with van der Waals surface area (Å²) < 4.78 is 5.52. The van der Waals surface area contributed by atoms with E-state index in [2.05, 4.69) is 26.8 Å². The van der Waals surface area contributed by atoms with Crippen molar-refractivity contribution in [2.45, 2.75) is 71.6 Å². The highest BCUT2D eigenvalue weighted by Crippen LogP contribution is 2.27. The SMILES string of the molecule is CC(C)=CCCC(C)CCOC(=O)CC(CC(=O)C1=CCCC=C1)c1ccccc1. The van der Waals surface area contributed by atoms with Crippen molar-refractivity contribution in [3.05, 3.63) is 71.3 Å². The number of hydrogen-bond acceptors (Lipinski definition) is 3. The summed E-state index contributed by atoms with van der Waals surface area (Å²) in [4.78, 5) is 25.2. The first-order valence-electron chi connectivity index (χ1n) is 11.2. The van der Waals surface area contributed by atoms with Gasteiger partial charge in [-0.2, -0.15) is 0 Å². The average Bonchev–Trinajstić information content (AvgIpc) is 2.74. The molecule has 2 rings (SSSR count). The molecule has 0 saturated carbocycles. The van der Waals surface area contributed by atoms with E-state index in [9.17, 15) is 9.59 Å². The minimum Gasteiger partial charge on any atom is -0.466 e. The van der Waals surface area contributed by atoms with E-state index in [1.54, 1.807) is 0 Å². The zero-order valence-corrected chi connectivity index (χ0v) is 18.7. The third-order valence-corrected chi connectivity index (χ3v) is 5.52. The fourth-order valence-corrected chi connectivity index (χ4v) is 3.63. The van der Waals surface area contributed by atoms with Crippen molar-refractivity contribution in [2.75, 3.05) is 6.61 Å². The molecule has 0 amide bonds. The van der Waals surface area contributed by atoms with E-state index >= 15 is 0 Å². The molecule has 0 aliphatic heterocycles. The summed E-state index contributed by atoms with van der Waals surface area (Å²) in [5.41, 5.74) is 3.12. The van der Waals surface area contributed by atoms with E-state index in [4.69, 9.17) is 4.74 Å². The molecule has 162 valence electrons. The van der Waals surface area contributed by atoms with Crippen LogP contribution in [-0.4, -0.2) is 18.4 Å². The van der Waals surface area contributed by atoms with Gasteiger partial charge in [0.2, 0.25) is 0 Å². The predicted molar refractivity (Wildman–Crippen MR) is 123 cm³/mol. The molecule has 1 aliphatic rings. The van der Waals surface area contributed by atoms with E-state index in [0.717, 1.165) is 43.2 Å². The van der Waals surface area contributed by atoms with E-state index in [1.165, 1.54) is 5.57 Å². The Morgan fingerprint density at radius 2 is 1.83 bits per heavy atom. The van der Waals surface area contributed by atoms with Crippen molar-refractivity contribution in [1.29, 1.82) is 0 Å². The fraction of sp³-hybridized carbons (Fsp3) is 0.481. The predicted octanol–water partition coefficient (Wildman–Crippen LogP) is 6.71. The Bertz CT molecular complexity index is 767. The van der Waals surface area contributed by atoms with Crippen LogP contribution in [0.1, 0.15) is 77.2 Å².